The predicted molar refractivity (Wildman–Crippen MR) is 140 cm³/mol. The van der Waals surface area contributed by atoms with Crippen LogP contribution in [0, 0.1) is 12.3 Å². The Morgan fingerprint density at radius 2 is 1.89 bits per heavy atom. The van der Waals surface area contributed by atoms with E-state index >= 15 is 0 Å². The van der Waals surface area contributed by atoms with Crippen LogP contribution in [0.5, 0.6) is 17.2 Å². The fraction of sp³-hybridized carbons (Fsp3) is 0.308. The van der Waals surface area contributed by atoms with Gasteiger partial charge >= 0.3 is 0 Å². The highest BCUT2D eigenvalue weighted by Crippen LogP contribution is 2.32. The Morgan fingerprint density at radius 1 is 1.06 bits per heavy atom. The van der Waals surface area contributed by atoms with E-state index in [1.165, 1.54) is 16.8 Å². The molecule has 4 rings (SSSR count). The number of hydrazone groups is 1. The average Bonchev–Trinajstić information content (AvgIpc) is 3.23. The Labute approximate surface area is 209 Å². The van der Waals surface area contributed by atoms with Crippen LogP contribution in [0.25, 0.3) is 6.08 Å². The van der Waals surface area contributed by atoms with Gasteiger partial charge in [-0.2, -0.15) is 15.1 Å². The minimum Gasteiger partial charge on any atom is -0.490 e. The molecule has 8 nitrogen and oxygen atoms in total. The number of hydrogen-bond acceptors (Lipinski definition) is 7. The second-order valence-electron chi connectivity index (χ2n) is 7.92. The monoisotopic (exact) mass is 492 g/mol. The molecule has 2 aromatic carbocycles. The number of carbonyl (C=O) groups is 1. The van der Waals surface area contributed by atoms with E-state index in [-0.39, 0.29) is 11.4 Å². The minimum atomic E-state index is -0.451. The summed E-state index contributed by atoms with van der Waals surface area (Å²) in [4.78, 5) is 16.8. The van der Waals surface area contributed by atoms with Crippen molar-refractivity contribution in [2.45, 2.75) is 33.6 Å². The smallest absolute Gasteiger partial charge is 0.283 e. The van der Waals surface area contributed by atoms with Gasteiger partial charge in [-0.1, -0.05) is 25.1 Å². The van der Waals surface area contributed by atoms with E-state index in [1.807, 2.05) is 44.2 Å². The molecule has 0 aromatic heterocycles. The summed E-state index contributed by atoms with van der Waals surface area (Å²) in [5, 5.41) is 15.7. The number of ether oxygens (including phenoxy) is 3. The third-order valence-electron chi connectivity index (χ3n) is 5.14. The Morgan fingerprint density at radius 3 is 2.66 bits per heavy atom. The molecule has 35 heavy (non-hydrogen) atoms. The second kappa shape index (κ2) is 11.2. The summed E-state index contributed by atoms with van der Waals surface area (Å²) in [5.41, 5.74) is 2.02. The number of nitrogens with zero attached hydrogens (tertiary/aromatic N) is 3. The van der Waals surface area contributed by atoms with Crippen molar-refractivity contribution in [3.63, 3.8) is 0 Å². The molecule has 0 fully saturated rings. The molecular weight excluding hydrogens is 464 g/mol. The number of fused-ring (bicyclic) bond motifs is 1. The number of amidine groups is 2. The molecule has 1 N–H and O–H groups in total. The molecule has 182 valence electrons. The number of aryl methyl sites for hydroxylation is 1. The van der Waals surface area contributed by atoms with Gasteiger partial charge in [0, 0.05) is 0 Å². The molecule has 0 bridgehead atoms. The number of hydrogen-bond donors (Lipinski definition) is 1. The standard InChI is InChI=1S/C26H28N4O4S/c1-4-7-23-29-30-24(27)20(25(31)28-26(30)35-23)15-18-10-11-21(22(16-18)32-5-2)34-13-12-33-19-9-6-8-17(3)14-19/h6,8-11,14-16,27H,4-5,7,12-13H2,1-3H3/b20-15+,27-24?. The van der Waals surface area contributed by atoms with Crippen molar-refractivity contribution in [2.75, 3.05) is 19.8 Å². The minimum absolute atomic E-state index is 0.0187. The predicted octanol–water partition coefficient (Wildman–Crippen LogP) is 5.27. The van der Waals surface area contributed by atoms with Gasteiger partial charge in [-0.05, 0) is 79.9 Å². The van der Waals surface area contributed by atoms with Crippen molar-refractivity contribution in [2.24, 2.45) is 10.1 Å². The van der Waals surface area contributed by atoms with Crippen LogP contribution in [-0.4, -0.2) is 46.8 Å². The molecular formula is C26H28N4O4S. The molecule has 0 saturated carbocycles. The molecule has 2 aliphatic heterocycles. The lowest BCUT2D eigenvalue weighted by Gasteiger charge is -2.20. The van der Waals surface area contributed by atoms with Gasteiger partial charge in [0.25, 0.3) is 5.91 Å². The zero-order chi connectivity index (χ0) is 24.8. The van der Waals surface area contributed by atoms with Crippen LogP contribution in [0.4, 0.5) is 0 Å². The molecule has 2 heterocycles. The van der Waals surface area contributed by atoms with E-state index < -0.39 is 5.91 Å². The number of amides is 1. The molecule has 2 aliphatic rings. The topological polar surface area (TPSA) is 96.6 Å². The number of carbonyl (C=O) groups excluding carboxylic acids is 1. The molecule has 0 spiro atoms. The first-order chi connectivity index (χ1) is 17.0. The van der Waals surface area contributed by atoms with Crippen molar-refractivity contribution < 1.29 is 19.0 Å². The van der Waals surface area contributed by atoms with Gasteiger partial charge in [-0.25, -0.2) is 0 Å². The van der Waals surface area contributed by atoms with Gasteiger partial charge in [0.15, 0.2) is 17.3 Å². The molecule has 2 aromatic rings. The Hall–Kier alpha value is -3.59. The number of benzene rings is 2. The number of thioether (sulfide) groups is 1. The lowest BCUT2D eigenvalue weighted by atomic mass is 10.1. The highest BCUT2D eigenvalue weighted by atomic mass is 32.2. The third-order valence-corrected chi connectivity index (χ3v) is 6.11. The second-order valence-corrected chi connectivity index (χ2v) is 8.96. The maximum atomic E-state index is 12.6. The average molecular weight is 493 g/mol. The zero-order valence-electron chi connectivity index (χ0n) is 20.0. The van der Waals surface area contributed by atoms with Crippen molar-refractivity contribution in [3.05, 3.63) is 59.2 Å². The maximum absolute atomic E-state index is 12.6. The van der Waals surface area contributed by atoms with E-state index in [9.17, 15) is 4.79 Å². The Bertz CT molecular complexity index is 1220. The van der Waals surface area contributed by atoms with Crippen molar-refractivity contribution in [3.8, 4) is 17.2 Å². The zero-order valence-corrected chi connectivity index (χ0v) is 20.9. The Balaban J connectivity index is 1.46. The molecule has 0 radical (unpaired) electrons. The van der Waals surface area contributed by atoms with Crippen LogP contribution in [0.3, 0.4) is 0 Å². The number of aliphatic imine (C=N–C) groups is 1. The molecule has 0 unspecified atom stereocenters. The summed E-state index contributed by atoms with van der Waals surface area (Å²) >= 11 is 1.34. The van der Waals surface area contributed by atoms with Gasteiger partial charge in [-0.3, -0.25) is 10.2 Å². The first kappa shape index (κ1) is 24.5. The van der Waals surface area contributed by atoms with E-state index in [0.29, 0.717) is 42.1 Å². The summed E-state index contributed by atoms with van der Waals surface area (Å²) in [6, 6.07) is 13.3. The first-order valence-electron chi connectivity index (χ1n) is 11.6. The van der Waals surface area contributed by atoms with Gasteiger partial charge < -0.3 is 14.2 Å². The van der Waals surface area contributed by atoms with E-state index in [4.69, 9.17) is 19.6 Å². The van der Waals surface area contributed by atoms with Crippen molar-refractivity contribution in [1.82, 2.24) is 5.01 Å². The van der Waals surface area contributed by atoms with Crippen LogP contribution in [0.1, 0.15) is 37.8 Å². The van der Waals surface area contributed by atoms with Gasteiger partial charge in [0.2, 0.25) is 5.17 Å². The summed E-state index contributed by atoms with van der Waals surface area (Å²) < 4.78 is 17.4. The van der Waals surface area contributed by atoms with Crippen LogP contribution in [0.2, 0.25) is 0 Å². The number of nitrogens with one attached hydrogen (secondary N) is 1. The summed E-state index contributed by atoms with van der Waals surface area (Å²) in [7, 11) is 0. The maximum Gasteiger partial charge on any atom is 0.283 e. The van der Waals surface area contributed by atoms with Crippen molar-refractivity contribution >= 4 is 39.8 Å². The summed E-state index contributed by atoms with van der Waals surface area (Å²) in [6.45, 7) is 7.16. The molecule has 0 aliphatic carbocycles. The fourth-order valence-electron chi connectivity index (χ4n) is 3.53. The SMILES string of the molecule is CCCC1=NN2C(=N)/C(=C\c3ccc(OCCOc4cccc(C)c4)c(OCC)c3)C(=O)N=C2S1. The first-order valence-corrected chi connectivity index (χ1v) is 12.4. The third kappa shape index (κ3) is 5.92. The van der Waals surface area contributed by atoms with E-state index in [1.54, 1.807) is 18.2 Å². The summed E-state index contributed by atoms with van der Waals surface area (Å²) in [6.07, 6.45) is 3.36. The van der Waals surface area contributed by atoms with Gasteiger partial charge in [-0.15, -0.1) is 0 Å². The van der Waals surface area contributed by atoms with Gasteiger partial charge in [0.05, 0.1) is 12.2 Å². The van der Waals surface area contributed by atoms with Crippen LogP contribution < -0.4 is 14.2 Å². The molecule has 0 atom stereocenters. The lowest BCUT2D eigenvalue weighted by Crippen LogP contribution is -2.35. The normalized spacial score (nSPS) is 16.2. The highest BCUT2D eigenvalue weighted by Gasteiger charge is 2.35. The van der Waals surface area contributed by atoms with E-state index in [0.717, 1.165) is 29.2 Å². The van der Waals surface area contributed by atoms with Crippen LogP contribution >= 0.6 is 11.8 Å². The highest BCUT2D eigenvalue weighted by molar-refractivity contribution is 8.26. The number of rotatable bonds is 10. The van der Waals surface area contributed by atoms with Crippen LogP contribution in [0.15, 0.2) is 58.1 Å². The van der Waals surface area contributed by atoms with Crippen LogP contribution in [-0.2, 0) is 4.79 Å². The molecule has 9 heteroatoms. The largest absolute Gasteiger partial charge is 0.490 e. The summed E-state index contributed by atoms with van der Waals surface area (Å²) in [5.74, 6) is 1.50. The Kier molecular flexibility index (Phi) is 7.87. The molecule has 0 saturated heterocycles. The quantitative estimate of drug-likeness (QED) is 0.358. The lowest BCUT2D eigenvalue weighted by molar-refractivity contribution is -0.114. The van der Waals surface area contributed by atoms with Crippen molar-refractivity contribution in [1.29, 1.82) is 5.41 Å². The molecule has 1 amide bonds. The van der Waals surface area contributed by atoms with Gasteiger partial charge in [0.1, 0.15) is 24.0 Å². The fourth-order valence-corrected chi connectivity index (χ4v) is 4.52. The van der Waals surface area contributed by atoms with E-state index in [2.05, 4.69) is 17.0 Å².